The number of furan rings is 1. The summed E-state index contributed by atoms with van der Waals surface area (Å²) >= 11 is 0. The first-order valence-electron chi connectivity index (χ1n) is 6.85. The second-order valence-corrected chi connectivity index (χ2v) is 4.97. The minimum absolute atomic E-state index is 0.412. The van der Waals surface area contributed by atoms with Crippen LogP contribution in [-0.2, 0) is 0 Å². The molecule has 0 amide bonds. The minimum atomic E-state index is -1.15. The molecule has 0 saturated heterocycles. The zero-order valence-corrected chi connectivity index (χ0v) is 11.7. The number of halogens is 1. The van der Waals surface area contributed by atoms with Gasteiger partial charge in [0.05, 0.1) is 5.70 Å². The summed E-state index contributed by atoms with van der Waals surface area (Å²) in [5.74, 6) is 0.412. The molecule has 0 aliphatic carbocycles. The molecule has 1 aromatic heterocycles. The summed E-state index contributed by atoms with van der Waals surface area (Å²) in [7, 11) is 0. The summed E-state index contributed by atoms with van der Waals surface area (Å²) < 4.78 is 19.8. The maximum atomic E-state index is 14.0. The molecule has 0 saturated carbocycles. The van der Waals surface area contributed by atoms with Gasteiger partial charge in [0.15, 0.2) is 5.76 Å². The summed E-state index contributed by atoms with van der Waals surface area (Å²) in [5.41, 5.74) is 8.67. The molecule has 1 atom stereocenters. The van der Waals surface area contributed by atoms with Gasteiger partial charge in [-0.2, -0.15) is 0 Å². The Morgan fingerprint density at radius 1 is 1.10 bits per heavy atom. The lowest BCUT2D eigenvalue weighted by Crippen LogP contribution is -1.99. The fourth-order valence-corrected chi connectivity index (χ4v) is 2.47. The smallest absolute Gasteiger partial charge is 0.157 e. The summed E-state index contributed by atoms with van der Waals surface area (Å²) in [6.45, 7) is 1.50. The first-order valence-corrected chi connectivity index (χ1v) is 6.85. The predicted molar refractivity (Wildman–Crippen MR) is 84.2 cm³/mol. The number of benzene rings is 2. The van der Waals surface area contributed by atoms with Crippen LogP contribution in [0.2, 0.25) is 0 Å². The van der Waals surface area contributed by atoms with E-state index in [4.69, 9.17) is 10.2 Å². The van der Waals surface area contributed by atoms with Crippen LogP contribution in [0, 0.1) is 0 Å². The van der Waals surface area contributed by atoms with Gasteiger partial charge in [0.1, 0.15) is 11.8 Å². The molecular formula is C18H16FNO. The van der Waals surface area contributed by atoms with E-state index in [0.29, 0.717) is 22.6 Å². The van der Waals surface area contributed by atoms with E-state index in [1.807, 2.05) is 54.6 Å². The Labute approximate surface area is 122 Å². The quantitative estimate of drug-likeness (QED) is 0.740. The molecule has 3 heteroatoms. The second kappa shape index (κ2) is 5.44. The summed E-state index contributed by atoms with van der Waals surface area (Å²) in [5, 5.41) is 0.770. The number of nitrogens with two attached hydrogens (primary N) is 1. The molecule has 0 spiro atoms. The van der Waals surface area contributed by atoms with E-state index >= 15 is 0 Å². The van der Waals surface area contributed by atoms with Gasteiger partial charge >= 0.3 is 0 Å². The Morgan fingerprint density at radius 3 is 2.48 bits per heavy atom. The molecule has 2 nitrogen and oxygen atoms in total. The SMILES string of the molecule is CC(F)c1c(C(N)=Cc2ccccc2)oc2ccccc12. The van der Waals surface area contributed by atoms with Gasteiger partial charge in [-0.05, 0) is 24.6 Å². The van der Waals surface area contributed by atoms with Crippen LogP contribution in [0.25, 0.3) is 22.7 Å². The molecule has 0 fully saturated rings. The molecule has 2 aromatic carbocycles. The molecular weight excluding hydrogens is 265 g/mol. The minimum Gasteiger partial charge on any atom is -0.454 e. The molecule has 1 heterocycles. The van der Waals surface area contributed by atoms with E-state index in [1.54, 1.807) is 6.08 Å². The van der Waals surface area contributed by atoms with E-state index in [-0.39, 0.29) is 0 Å². The van der Waals surface area contributed by atoms with E-state index in [2.05, 4.69) is 0 Å². The highest BCUT2D eigenvalue weighted by molar-refractivity contribution is 5.89. The molecule has 0 radical (unpaired) electrons. The van der Waals surface area contributed by atoms with E-state index in [9.17, 15) is 4.39 Å². The van der Waals surface area contributed by atoms with Crippen molar-refractivity contribution in [2.24, 2.45) is 5.73 Å². The molecule has 3 aromatic rings. The first kappa shape index (κ1) is 13.4. The van der Waals surface area contributed by atoms with E-state index < -0.39 is 6.17 Å². The number of rotatable bonds is 3. The average molecular weight is 281 g/mol. The Balaban J connectivity index is 2.16. The highest BCUT2D eigenvalue weighted by atomic mass is 19.1. The maximum absolute atomic E-state index is 14.0. The normalized spacial score (nSPS) is 13.5. The Hall–Kier alpha value is -2.55. The van der Waals surface area contributed by atoms with Crippen molar-refractivity contribution in [3.63, 3.8) is 0 Å². The van der Waals surface area contributed by atoms with E-state index in [0.717, 1.165) is 10.9 Å². The molecule has 2 N–H and O–H groups in total. The summed E-state index contributed by atoms with van der Waals surface area (Å²) in [6.07, 6.45) is 0.648. The van der Waals surface area contributed by atoms with Gasteiger partial charge in [-0.15, -0.1) is 0 Å². The molecule has 21 heavy (non-hydrogen) atoms. The van der Waals surface area contributed by atoms with Crippen LogP contribution < -0.4 is 5.73 Å². The first-order chi connectivity index (χ1) is 10.2. The van der Waals surface area contributed by atoms with Gasteiger partial charge in [0, 0.05) is 10.9 Å². The highest BCUT2D eigenvalue weighted by Gasteiger charge is 2.20. The molecule has 106 valence electrons. The van der Waals surface area contributed by atoms with Gasteiger partial charge in [0.25, 0.3) is 0 Å². The van der Waals surface area contributed by atoms with Gasteiger partial charge in [0.2, 0.25) is 0 Å². The summed E-state index contributed by atoms with van der Waals surface area (Å²) in [4.78, 5) is 0. The molecule has 0 aliphatic rings. The van der Waals surface area contributed by atoms with Crippen LogP contribution in [-0.4, -0.2) is 0 Å². The fraction of sp³-hybridized carbons (Fsp3) is 0.111. The molecule has 0 aliphatic heterocycles. The standard InChI is InChI=1S/C18H16FNO/c1-12(19)17-14-9-5-6-10-16(14)21-18(17)15(20)11-13-7-3-2-4-8-13/h2-12H,20H2,1H3. The highest BCUT2D eigenvalue weighted by Crippen LogP contribution is 2.35. The lowest BCUT2D eigenvalue weighted by atomic mass is 10.0. The maximum Gasteiger partial charge on any atom is 0.157 e. The van der Waals surface area contributed by atoms with Crippen LogP contribution in [0.1, 0.15) is 30.0 Å². The van der Waals surface area contributed by atoms with Crippen LogP contribution in [0.5, 0.6) is 0 Å². The monoisotopic (exact) mass is 281 g/mol. The van der Waals surface area contributed by atoms with Crippen molar-refractivity contribution in [1.82, 2.24) is 0 Å². The number of fused-ring (bicyclic) bond motifs is 1. The third kappa shape index (κ3) is 2.55. The predicted octanol–water partition coefficient (Wildman–Crippen LogP) is 4.92. The third-order valence-electron chi connectivity index (χ3n) is 3.42. The van der Waals surface area contributed by atoms with Gasteiger partial charge in [-0.1, -0.05) is 48.5 Å². The Kier molecular flexibility index (Phi) is 3.48. The van der Waals surface area contributed by atoms with Crippen molar-refractivity contribution < 1.29 is 8.81 Å². The Morgan fingerprint density at radius 2 is 1.76 bits per heavy atom. The molecule has 0 bridgehead atoms. The third-order valence-corrected chi connectivity index (χ3v) is 3.42. The van der Waals surface area contributed by atoms with Crippen LogP contribution in [0.3, 0.4) is 0 Å². The van der Waals surface area contributed by atoms with Gasteiger partial charge < -0.3 is 10.2 Å². The largest absolute Gasteiger partial charge is 0.454 e. The van der Waals surface area contributed by atoms with Crippen molar-refractivity contribution in [3.05, 3.63) is 71.5 Å². The van der Waals surface area contributed by atoms with Crippen LogP contribution in [0.4, 0.5) is 4.39 Å². The van der Waals surface area contributed by atoms with Crippen LogP contribution in [0.15, 0.2) is 59.0 Å². The zero-order valence-electron chi connectivity index (χ0n) is 11.7. The van der Waals surface area contributed by atoms with Gasteiger partial charge in [-0.25, -0.2) is 4.39 Å². The summed E-state index contributed by atoms with van der Waals surface area (Å²) in [6, 6.07) is 17.1. The van der Waals surface area contributed by atoms with Gasteiger partial charge in [-0.3, -0.25) is 0 Å². The topological polar surface area (TPSA) is 39.2 Å². The zero-order chi connectivity index (χ0) is 14.8. The van der Waals surface area contributed by atoms with E-state index in [1.165, 1.54) is 6.92 Å². The lowest BCUT2D eigenvalue weighted by Gasteiger charge is -2.04. The number of hydrogen-bond acceptors (Lipinski definition) is 2. The van der Waals surface area contributed by atoms with Crippen molar-refractivity contribution in [3.8, 4) is 0 Å². The van der Waals surface area contributed by atoms with Crippen molar-refractivity contribution in [1.29, 1.82) is 0 Å². The van der Waals surface area contributed by atoms with Crippen molar-refractivity contribution >= 4 is 22.7 Å². The number of para-hydroxylation sites is 1. The van der Waals surface area contributed by atoms with Crippen molar-refractivity contribution in [2.45, 2.75) is 13.1 Å². The van der Waals surface area contributed by atoms with Crippen LogP contribution >= 0.6 is 0 Å². The number of alkyl halides is 1. The van der Waals surface area contributed by atoms with Crippen molar-refractivity contribution in [2.75, 3.05) is 0 Å². The molecule has 1 unspecified atom stereocenters. The average Bonchev–Trinajstić information content (AvgIpc) is 2.88. The second-order valence-electron chi connectivity index (χ2n) is 4.97. The number of hydrogen-bond donors (Lipinski definition) is 1. The lowest BCUT2D eigenvalue weighted by molar-refractivity contribution is 0.371. The fourth-order valence-electron chi connectivity index (χ4n) is 2.47. The molecule has 3 rings (SSSR count). The Bertz CT molecular complexity index is 787.